The van der Waals surface area contributed by atoms with Gasteiger partial charge in [0.05, 0.1) is 6.04 Å². The van der Waals surface area contributed by atoms with Gasteiger partial charge in [-0.15, -0.1) is 0 Å². The summed E-state index contributed by atoms with van der Waals surface area (Å²) >= 11 is 0. The van der Waals surface area contributed by atoms with Gasteiger partial charge in [-0.3, -0.25) is 4.98 Å². The number of halogens is 1. The molecule has 1 heterocycles. The largest absolute Gasteiger partial charge is 0.307 e. The van der Waals surface area contributed by atoms with Crippen molar-refractivity contribution in [2.45, 2.75) is 26.8 Å². The van der Waals surface area contributed by atoms with E-state index in [2.05, 4.69) is 10.3 Å². The first-order chi connectivity index (χ1) is 9.13. The number of hydrogen-bond donors (Lipinski definition) is 1. The molecule has 0 aliphatic carbocycles. The summed E-state index contributed by atoms with van der Waals surface area (Å²) in [5.74, 6) is -0.160. The van der Waals surface area contributed by atoms with Crippen molar-refractivity contribution >= 4 is 0 Å². The van der Waals surface area contributed by atoms with Gasteiger partial charge in [-0.2, -0.15) is 0 Å². The fourth-order valence-corrected chi connectivity index (χ4v) is 2.21. The summed E-state index contributed by atoms with van der Waals surface area (Å²) in [5.41, 5.74) is 3.86. The van der Waals surface area contributed by atoms with E-state index < -0.39 is 0 Å². The first kappa shape index (κ1) is 13.7. The summed E-state index contributed by atoms with van der Waals surface area (Å²) in [4.78, 5) is 4.11. The molecule has 1 aromatic heterocycles. The zero-order valence-corrected chi connectivity index (χ0v) is 11.6. The molecule has 100 valence electrons. The third-order valence-electron chi connectivity index (χ3n) is 3.31. The topological polar surface area (TPSA) is 24.9 Å². The SMILES string of the molecule is CCNC(c1ccc(C)c(F)c1)c1ccncc1C. The molecular weight excluding hydrogens is 239 g/mol. The summed E-state index contributed by atoms with van der Waals surface area (Å²) in [5, 5.41) is 3.41. The van der Waals surface area contributed by atoms with Crippen LogP contribution < -0.4 is 5.32 Å². The van der Waals surface area contributed by atoms with Crippen LogP contribution in [0.15, 0.2) is 36.7 Å². The lowest BCUT2D eigenvalue weighted by atomic mass is 9.95. The second kappa shape index (κ2) is 5.93. The minimum atomic E-state index is -0.160. The fourth-order valence-electron chi connectivity index (χ4n) is 2.21. The van der Waals surface area contributed by atoms with Crippen molar-refractivity contribution in [3.8, 4) is 0 Å². The lowest BCUT2D eigenvalue weighted by Crippen LogP contribution is -2.23. The van der Waals surface area contributed by atoms with Crippen LogP contribution in [0.25, 0.3) is 0 Å². The van der Waals surface area contributed by atoms with Crippen molar-refractivity contribution in [2.75, 3.05) is 6.54 Å². The quantitative estimate of drug-likeness (QED) is 0.907. The Morgan fingerprint density at radius 1 is 1.21 bits per heavy atom. The van der Waals surface area contributed by atoms with E-state index in [1.807, 2.05) is 38.2 Å². The zero-order valence-electron chi connectivity index (χ0n) is 11.6. The van der Waals surface area contributed by atoms with Crippen LogP contribution in [-0.4, -0.2) is 11.5 Å². The Morgan fingerprint density at radius 3 is 2.63 bits per heavy atom. The van der Waals surface area contributed by atoms with E-state index >= 15 is 0 Å². The van der Waals surface area contributed by atoms with Gasteiger partial charge in [0.25, 0.3) is 0 Å². The predicted octanol–water partition coefficient (Wildman–Crippen LogP) is 3.54. The number of rotatable bonds is 4. The van der Waals surface area contributed by atoms with Gasteiger partial charge in [0.2, 0.25) is 0 Å². The molecule has 1 atom stereocenters. The maximum absolute atomic E-state index is 13.8. The molecule has 0 bridgehead atoms. The van der Waals surface area contributed by atoms with Crippen molar-refractivity contribution in [3.63, 3.8) is 0 Å². The van der Waals surface area contributed by atoms with Crippen LogP contribution in [0, 0.1) is 19.7 Å². The average Bonchev–Trinajstić information content (AvgIpc) is 2.40. The number of aryl methyl sites for hydroxylation is 2. The zero-order chi connectivity index (χ0) is 13.8. The Kier molecular flexibility index (Phi) is 4.27. The van der Waals surface area contributed by atoms with Gasteiger partial charge < -0.3 is 5.32 Å². The van der Waals surface area contributed by atoms with E-state index in [4.69, 9.17) is 0 Å². The van der Waals surface area contributed by atoms with Crippen LogP contribution >= 0.6 is 0 Å². The second-order valence-electron chi connectivity index (χ2n) is 4.73. The number of nitrogens with one attached hydrogen (secondary N) is 1. The minimum Gasteiger partial charge on any atom is -0.307 e. The Bertz CT molecular complexity index is 566. The monoisotopic (exact) mass is 258 g/mol. The maximum atomic E-state index is 13.8. The number of pyridine rings is 1. The Balaban J connectivity index is 2.45. The van der Waals surface area contributed by atoms with Gasteiger partial charge in [0.1, 0.15) is 5.82 Å². The molecular formula is C16H19FN2. The molecule has 0 saturated heterocycles. The van der Waals surface area contributed by atoms with Crippen molar-refractivity contribution in [1.29, 1.82) is 0 Å². The summed E-state index contributed by atoms with van der Waals surface area (Å²) in [6.07, 6.45) is 3.61. The first-order valence-electron chi connectivity index (χ1n) is 6.53. The molecule has 19 heavy (non-hydrogen) atoms. The lowest BCUT2D eigenvalue weighted by molar-refractivity contribution is 0.596. The molecule has 0 spiro atoms. The van der Waals surface area contributed by atoms with Crippen molar-refractivity contribution in [2.24, 2.45) is 0 Å². The molecule has 0 saturated carbocycles. The van der Waals surface area contributed by atoms with Gasteiger partial charge >= 0.3 is 0 Å². The van der Waals surface area contributed by atoms with E-state index in [-0.39, 0.29) is 11.9 Å². The molecule has 3 heteroatoms. The smallest absolute Gasteiger partial charge is 0.126 e. The number of nitrogens with zero attached hydrogens (tertiary/aromatic N) is 1. The van der Waals surface area contributed by atoms with Gasteiger partial charge in [-0.05, 0) is 54.8 Å². The number of aromatic nitrogens is 1. The molecule has 2 nitrogen and oxygen atoms in total. The molecule has 2 rings (SSSR count). The van der Waals surface area contributed by atoms with Crippen LogP contribution in [0.4, 0.5) is 4.39 Å². The van der Waals surface area contributed by atoms with Gasteiger partial charge in [-0.1, -0.05) is 19.1 Å². The normalized spacial score (nSPS) is 12.4. The van der Waals surface area contributed by atoms with E-state index in [1.165, 1.54) is 0 Å². The molecule has 2 aromatic rings. The number of benzene rings is 1. The molecule has 0 fully saturated rings. The Morgan fingerprint density at radius 2 is 2.00 bits per heavy atom. The van der Waals surface area contributed by atoms with Crippen molar-refractivity contribution < 1.29 is 4.39 Å². The van der Waals surface area contributed by atoms with Crippen LogP contribution in [0.2, 0.25) is 0 Å². The van der Waals surface area contributed by atoms with E-state index in [0.717, 1.165) is 23.2 Å². The van der Waals surface area contributed by atoms with E-state index in [0.29, 0.717) is 5.56 Å². The third kappa shape index (κ3) is 2.99. The summed E-state index contributed by atoms with van der Waals surface area (Å²) in [7, 11) is 0. The van der Waals surface area contributed by atoms with Crippen LogP contribution in [0.3, 0.4) is 0 Å². The molecule has 1 unspecified atom stereocenters. The molecule has 0 aliphatic rings. The van der Waals surface area contributed by atoms with Crippen LogP contribution in [-0.2, 0) is 0 Å². The first-order valence-corrected chi connectivity index (χ1v) is 6.53. The molecule has 0 amide bonds. The summed E-state index contributed by atoms with van der Waals surface area (Å²) in [6, 6.07) is 7.41. The molecule has 1 aromatic carbocycles. The fraction of sp³-hybridized carbons (Fsp3) is 0.312. The van der Waals surface area contributed by atoms with Crippen LogP contribution in [0.1, 0.15) is 35.2 Å². The second-order valence-corrected chi connectivity index (χ2v) is 4.73. The molecule has 0 aliphatic heterocycles. The highest BCUT2D eigenvalue weighted by atomic mass is 19.1. The maximum Gasteiger partial charge on any atom is 0.126 e. The van der Waals surface area contributed by atoms with E-state index in [9.17, 15) is 4.39 Å². The van der Waals surface area contributed by atoms with Crippen molar-refractivity contribution in [1.82, 2.24) is 10.3 Å². The third-order valence-corrected chi connectivity index (χ3v) is 3.31. The standard InChI is InChI=1S/C16H19FN2/c1-4-19-16(14-7-8-18-10-12(14)3)13-6-5-11(2)15(17)9-13/h5-10,16,19H,4H2,1-3H3. The molecule has 1 N–H and O–H groups in total. The predicted molar refractivity (Wildman–Crippen MR) is 75.6 cm³/mol. The highest BCUT2D eigenvalue weighted by Crippen LogP contribution is 2.25. The van der Waals surface area contributed by atoms with Crippen molar-refractivity contribution in [3.05, 3.63) is 64.7 Å². The minimum absolute atomic E-state index is 0.00287. The van der Waals surface area contributed by atoms with E-state index in [1.54, 1.807) is 19.2 Å². The van der Waals surface area contributed by atoms with Gasteiger partial charge in [0.15, 0.2) is 0 Å². The highest BCUT2D eigenvalue weighted by molar-refractivity contribution is 5.36. The summed E-state index contributed by atoms with van der Waals surface area (Å²) in [6.45, 7) is 6.67. The Hall–Kier alpha value is -1.74. The average molecular weight is 258 g/mol. The molecule has 0 radical (unpaired) electrons. The summed E-state index contributed by atoms with van der Waals surface area (Å²) < 4.78 is 13.8. The van der Waals surface area contributed by atoms with Gasteiger partial charge in [0, 0.05) is 12.4 Å². The van der Waals surface area contributed by atoms with Gasteiger partial charge in [-0.25, -0.2) is 4.39 Å². The van der Waals surface area contributed by atoms with Crippen LogP contribution in [0.5, 0.6) is 0 Å². The lowest BCUT2D eigenvalue weighted by Gasteiger charge is -2.21. The number of hydrogen-bond acceptors (Lipinski definition) is 2. The Labute approximate surface area is 113 Å². The highest BCUT2D eigenvalue weighted by Gasteiger charge is 2.16.